The largest absolute Gasteiger partial charge is 0.350 e. The normalized spacial score (nSPS) is 10.7. The zero-order valence-electron chi connectivity index (χ0n) is 11.2. The molecule has 2 heterocycles. The number of halogens is 1. The summed E-state index contributed by atoms with van der Waals surface area (Å²) in [4.78, 5) is 15.6. The van der Waals surface area contributed by atoms with Crippen LogP contribution in [0, 0.1) is 0 Å². The van der Waals surface area contributed by atoms with Crippen molar-refractivity contribution in [1.82, 2.24) is 9.55 Å². The Bertz CT molecular complexity index is 789. The van der Waals surface area contributed by atoms with Crippen molar-refractivity contribution in [3.8, 4) is 10.6 Å². The van der Waals surface area contributed by atoms with E-state index in [2.05, 4.69) is 17.1 Å². The maximum atomic E-state index is 11.1. The van der Waals surface area contributed by atoms with Crippen LogP contribution in [0.1, 0.15) is 11.3 Å². The summed E-state index contributed by atoms with van der Waals surface area (Å²) in [6.07, 6.45) is 3.59. The molecule has 5 heteroatoms. The highest BCUT2D eigenvalue weighted by Crippen LogP contribution is 2.25. The van der Waals surface area contributed by atoms with Gasteiger partial charge in [0, 0.05) is 42.0 Å². The van der Waals surface area contributed by atoms with Gasteiger partial charge in [-0.1, -0.05) is 18.2 Å². The van der Waals surface area contributed by atoms with E-state index in [9.17, 15) is 4.79 Å². The molecule has 0 N–H and O–H groups in total. The van der Waals surface area contributed by atoms with Crippen molar-refractivity contribution in [2.24, 2.45) is 0 Å². The Labute approximate surface area is 131 Å². The van der Waals surface area contributed by atoms with Crippen molar-refractivity contribution in [1.29, 1.82) is 0 Å². The number of alkyl halides is 1. The third-order valence-electron chi connectivity index (χ3n) is 3.09. The molecule has 0 saturated heterocycles. The average Bonchev–Trinajstić information content (AvgIpc) is 2.99. The smallest absolute Gasteiger partial charge is 0.181 e. The summed E-state index contributed by atoms with van der Waals surface area (Å²) in [6, 6.07) is 11.4. The van der Waals surface area contributed by atoms with Crippen LogP contribution in [0.25, 0.3) is 10.6 Å². The monoisotopic (exact) mass is 316 g/mol. The van der Waals surface area contributed by atoms with Gasteiger partial charge >= 0.3 is 0 Å². The first-order valence-electron chi connectivity index (χ1n) is 6.50. The molecular weight excluding hydrogens is 304 g/mol. The molecule has 0 atom stereocenters. The quantitative estimate of drug-likeness (QED) is 0.687. The van der Waals surface area contributed by atoms with Gasteiger partial charge < -0.3 is 4.57 Å². The van der Waals surface area contributed by atoms with E-state index in [0.29, 0.717) is 5.88 Å². The van der Waals surface area contributed by atoms with Gasteiger partial charge in [0.25, 0.3) is 0 Å². The molecule has 21 heavy (non-hydrogen) atoms. The molecule has 0 aliphatic heterocycles. The van der Waals surface area contributed by atoms with Gasteiger partial charge in [-0.3, -0.25) is 4.79 Å². The molecule has 0 radical (unpaired) electrons. The van der Waals surface area contributed by atoms with E-state index < -0.39 is 0 Å². The van der Waals surface area contributed by atoms with Gasteiger partial charge in [0.1, 0.15) is 5.01 Å². The molecule has 0 fully saturated rings. The van der Waals surface area contributed by atoms with Crippen molar-refractivity contribution < 1.29 is 0 Å². The van der Waals surface area contributed by atoms with Crippen LogP contribution in [-0.4, -0.2) is 9.55 Å². The highest BCUT2D eigenvalue weighted by Gasteiger charge is 2.05. The van der Waals surface area contributed by atoms with Gasteiger partial charge in [-0.2, -0.15) is 0 Å². The zero-order chi connectivity index (χ0) is 14.7. The van der Waals surface area contributed by atoms with Gasteiger partial charge in [0.05, 0.1) is 11.6 Å². The molecule has 0 unspecified atom stereocenters. The molecule has 1 aromatic carbocycles. The molecule has 0 aliphatic carbocycles. The van der Waals surface area contributed by atoms with E-state index in [0.717, 1.165) is 22.8 Å². The molecule has 0 bridgehead atoms. The molecule has 2 aromatic heterocycles. The van der Waals surface area contributed by atoms with Gasteiger partial charge in [-0.25, -0.2) is 4.98 Å². The Morgan fingerprint density at radius 3 is 2.71 bits per heavy atom. The van der Waals surface area contributed by atoms with Crippen molar-refractivity contribution in [2.45, 2.75) is 12.4 Å². The summed E-state index contributed by atoms with van der Waals surface area (Å²) >= 11 is 7.39. The first kappa shape index (κ1) is 14.0. The number of benzene rings is 1. The van der Waals surface area contributed by atoms with Gasteiger partial charge in [0.15, 0.2) is 5.43 Å². The summed E-state index contributed by atoms with van der Waals surface area (Å²) < 4.78 is 1.98. The maximum absolute atomic E-state index is 11.1. The third kappa shape index (κ3) is 3.40. The fourth-order valence-corrected chi connectivity index (χ4v) is 3.11. The number of hydrogen-bond donors (Lipinski definition) is 0. The van der Waals surface area contributed by atoms with Crippen LogP contribution < -0.4 is 5.43 Å². The Morgan fingerprint density at radius 1 is 1.19 bits per heavy atom. The van der Waals surface area contributed by atoms with Crippen molar-refractivity contribution in [2.75, 3.05) is 0 Å². The predicted molar refractivity (Wildman–Crippen MR) is 86.9 cm³/mol. The number of thiazole rings is 1. The lowest BCUT2D eigenvalue weighted by molar-refractivity contribution is 0.789. The van der Waals surface area contributed by atoms with Crippen LogP contribution in [0.5, 0.6) is 0 Å². The second kappa shape index (κ2) is 6.24. The lowest BCUT2D eigenvalue weighted by Crippen LogP contribution is -2.04. The Morgan fingerprint density at radius 2 is 2.00 bits per heavy atom. The topological polar surface area (TPSA) is 34.9 Å². The SMILES string of the molecule is O=c1ccn(Cc2cccc(-c3nc(CCl)cs3)c2)cc1. The number of rotatable bonds is 4. The second-order valence-corrected chi connectivity index (χ2v) is 5.81. The fourth-order valence-electron chi connectivity index (χ4n) is 2.06. The maximum Gasteiger partial charge on any atom is 0.181 e. The molecule has 3 nitrogen and oxygen atoms in total. The first-order valence-corrected chi connectivity index (χ1v) is 7.92. The Balaban J connectivity index is 1.85. The van der Waals surface area contributed by atoms with Crippen LogP contribution >= 0.6 is 22.9 Å². The molecule has 106 valence electrons. The fraction of sp³-hybridized carbons (Fsp3) is 0.125. The van der Waals surface area contributed by atoms with E-state index in [4.69, 9.17) is 11.6 Å². The summed E-state index contributed by atoms with van der Waals surface area (Å²) in [5.74, 6) is 0.438. The molecule has 0 saturated carbocycles. The second-order valence-electron chi connectivity index (χ2n) is 4.68. The number of nitrogens with zero attached hydrogens (tertiary/aromatic N) is 2. The summed E-state index contributed by atoms with van der Waals surface area (Å²) in [5.41, 5.74) is 3.19. The number of hydrogen-bond acceptors (Lipinski definition) is 3. The molecule has 0 aliphatic rings. The highest BCUT2D eigenvalue weighted by molar-refractivity contribution is 7.13. The van der Waals surface area contributed by atoms with Crippen molar-refractivity contribution >= 4 is 22.9 Å². The molecule has 3 rings (SSSR count). The van der Waals surface area contributed by atoms with Crippen molar-refractivity contribution in [3.05, 3.63) is 75.7 Å². The van der Waals surface area contributed by atoms with Crippen LogP contribution in [0.2, 0.25) is 0 Å². The van der Waals surface area contributed by atoms with Crippen molar-refractivity contribution in [3.63, 3.8) is 0 Å². The van der Waals surface area contributed by atoms with Gasteiger partial charge in [0.2, 0.25) is 0 Å². The van der Waals surface area contributed by atoms with E-state index >= 15 is 0 Å². The van der Waals surface area contributed by atoms with Gasteiger partial charge in [-0.05, 0) is 11.6 Å². The summed E-state index contributed by atoms with van der Waals surface area (Å²) in [6.45, 7) is 0.724. The standard InChI is InChI=1S/C16H13ClN2OS/c17-9-14-11-21-16(18-14)13-3-1-2-12(8-13)10-19-6-4-15(20)5-7-19/h1-8,11H,9-10H2. The van der Waals surface area contributed by atoms with Crippen LogP contribution in [0.3, 0.4) is 0 Å². The van der Waals surface area contributed by atoms with E-state index in [1.165, 1.54) is 5.56 Å². The average molecular weight is 317 g/mol. The molecule has 0 amide bonds. The van der Waals surface area contributed by atoms with E-state index in [-0.39, 0.29) is 5.43 Å². The van der Waals surface area contributed by atoms with E-state index in [1.54, 1.807) is 35.9 Å². The predicted octanol–water partition coefficient (Wildman–Crippen LogP) is 3.76. The number of aromatic nitrogens is 2. The minimum absolute atomic E-state index is 0.0244. The number of pyridine rings is 1. The zero-order valence-corrected chi connectivity index (χ0v) is 12.8. The van der Waals surface area contributed by atoms with Gasteiger partial charge in [-0.15, -0.1) is 22.9 Å². The Kier molecular flexibility index (Phi) is 4.18. The molecule has 3 aromatic rings. The van der Waals surface area contributed by atoms with Crippen LogP contribution in [-0.2, 0) is 12.4 Å². The minimum atomic E-state index is 0.0244. The summed E-state index contributed by atoms with van der Waals surface area (Å²) in [5, 5.41) is 2.96. The highest BCUT2D eigenvalue weighted by atomic mass is 35.5. The first-order chi connectivity index (χ1) is 10.2. The molecule has 0 spiro atoms. The lowest BCUT2D eigenvalue weighted by atomic mass is 10.1. The van der Waals surface area contributed by atoms with E-state index in [1.807, 2.05) is 22.1 Å². The lowest BCUT2D eigenvalue weighted by Gasteiger charge is -2.07. The summed E-state index contributed by atoms with van der Waals surface area (Å²) in [7, 11) is 0. The third-order valence-corrected chi connectivity index (χ3v) is 4.30. The molecular formula is C16H13ClN2OS. The minimum Gasteiger partial charge on any atom is -0.350 e. The van der Waals surface area contributed by atoms with Crippen LogP contribution in [0.4, 0.5) is 0 Å². The van der Waals surface area contributed by atoms with Crippen LogP contribution in [0.15, 0.2) is 59.0 Å². The Hall–Kier alpha value is -1.91.